The van der Waals surface area contributed by atoms with Crippen molar-refractivity contribution in [1.29, 1.82) is 5.26 Å². The van der Waals surface area contributed by atoms with Gasteiger partial charge in [0.1, 0.15) is 0 Å². The Hall–Kier alpha value is -2.91. The normalized spacial score (nSPS) is 23.7. The van der Waals surface area contributed by atoms with Gasteiger partial charge in [0.25, 0.3) is 5.91 Å². The highest BCUT2D eigenvalue weighted by atomic mass is 35.5. The molecule has 37 heavy (non-hydrogen) atoms. The summed E-state index contributed by atoms with van der Waals surface area (Å²) in [5, 5.41) is 23.8. The molecule has 1 saturated heterocycles. The van der Waals surface area contributed by atoms with Crippen LogP contribution in [0.15, 0.2) is 54.6 Å². The molecule has 0 aromatic heterocycles. The monoisotopic (exact) mass is 513 g/mol. The van der Waals surface area contributed by atoms with Gasteiger partial charge in [-0.25, -0.2) is 0 Å². The molecule has 1 saturated carbocycles. The number of halogens is 1. The number of fused-ring (bicyclic) bond motifs is 3. The number of amides is 1. The first-order valence-electron chi connectivity index (χ1n) is 13.4. The largest absolute Gasteiger partial charge is 0.391 e. The molecule has 2 aliphatic heterocycles. The Balaban J connectivity index is 1.27. The average molecular weight is 514 g/mol. The Morgan fingerprint density at radius 3 is 2.46 bits per heavy atom. The number of carbonyl (C=O) groups excluding carboxylic acids is 1. The average Bonchev–Trinajstić information content (AvgIpc) is 3.26. The summed E-state index contributed by atoms with van der Waals surface area (Å²) in [7, 11) is 0. The second-order valence-electron chi connectivity index (χ2n) is 10.9. The zero-order chi connectivity index (χ0) is 25.6. The van der Waals surface area contributed by atoms with Crippen molar-refractivity contribution in [2.75, 3.05) is 13.1 Å². The minimum Gasteiger partial charge on any atom is -0.391 e. The Morgan fingerprint density at radius 1 is 1.03 bits per heavy atom. The van der Waals surface area contributed by atoms with Crippen LogP contribution >= 0.6 is 11.6 Å². The first kappa shape index (κ1) is 24.4. The first-order valence-corrected chi connectivity index (χ1v) is 13.8. The molecule has 3 aliphatic rings. The molecule has 0 bridgehead atoms. The molecule has 2 fully saturated rings. The van der Waals surface area contributed by atoms with E-state index in [9.17, 15) is 15.2 Å². The molecule has 6 rings (SSSR count). The zero-order valence-electron chi connectivity index (χ0n) is 21.0. The number of piperidine rings is 1. The van der Waals surface area contributed by atoms with Crippen molar-refractivity contribution in [3.8, 4) is 6.07 Å². The smallest absolute Gasteiger partial charge is 0.254 e. The third-order valence-electron chi connectivity index (χ3n) is 8.86. The third kappa shape index (κ3) is 4.22. The van der Waals surface area contributed by atoms with Crippen LogP contribution in [0, 0.1) is 11.3 Å². The predicted molar refractivity (Wildman–Crippen MR) is 145 cm³/mol. The molecule has 3 aromatic rings. The molecule has 1 aliphatic carbocycles. The van der Waals surface area contributed by atoms with Crippen molar-refractivity contribution in [2.45, 2.75) is 69.2 Å². The van der Waals surface area contributed by atoms with Gasteiger partial charge in [-0.05, 0) is 65.3 Å². The molecule has 1 N–H and O–H groups in total. The van der Waals surface area contributed by atoms with Crippen LogP contribution in [-0.4, -0.2) is 46.0 Å². The molecular weight excluding hydrogens is 482 g/mol. The van der Waals surface area contributed by atoms with Gasteiger partial charge in [-0.2, -0.15) is 5.26 Å². The highest BCUT2D eigenvalue weighted by Gasteiger charge is 2.40. The van der Waals surface area contributed by atoms with E-state index in [4.69, 9.17) is 11.6 Å². The van der Waals surface area contributed by atoms with Gasteiger partial charge in [0.15, 0.2) is 0 Å². The number of nitrogens with zero attached hydrogens (tertiary/aromatic N) is 3. The van der Waals surface area contributed by atoms with Gasteiger partial charge in [0.2, 0.25) is 0 Å². The second-order valence-corrected chi connectivity index (χ2v) is 11.3. The maximum absolute atomic E-state index is 13.6. The van der Waals surface area contributed by atoms with Gasteiger partial charge in [0, 0.05) is 36.8 Å². The molecule has 0 radical (unpaired) electrons. The van der Waals surface area contributed by atoms with E-state index in [2.05, 4.69) is 35.2 Å². The van der Waals surface area contributed by atoms with Gasteiger partial charge in [0.05, 0.1) is 23.6 Å². The summed E-state index contributed by atoms with van der Waals surface area (Å²) in [5.41, 5.74) is 3.38. The Morgan fingerprint density at radius 2 is 1.73 bits per heavy atom. The van der Waals surface area contributed by atoms with E-state index in [1.807, 2.05) is 35.2 Å². The fraction of sp³-hybridized carbons (Fsp3) is 0.419. The van der Waals surface area contributed by atoms with E-state index in [1.54, 1.807) is 0 Å². The Labute approximate surface area is 223 Å². The van der Waals surface area contributed by atoms with E-state index >= 15 is 0 Å². The van der Waals surface area contributed by atoms with Crippen molar-refractivity contribution >= 4 is 28.3 Å². The number of hydrogen-bond donors (Lipinski definition) is 1. The highest BCUT2D eigenvalue weighted by Crippen LogP contribution is 2.40. The van der Waals surface area contributed by atoms with Crippen LogP contribution in [0.25, 0.3) is 10.8 Å². The number of rotatable bonds is 4. The maximum atomic E-state index is 13.6. The number of aliphatic hydroxyl groups excluding tert-OH is 1. The summed E-state index contributed by atoms with van der Waals surface area (Å²) in [6, 6.07) is 20.7. The molecule has 2 unspecified atom stereocenters. The predicted octanol–water partition coefficient (Wildman–Crippen LogP) is 5.81. The fourth-order valence-corrected chi connectivity index (χ4v) is 7.06. The topological polar surface area (TPSA) is 67.6 Å². The van der Waals surface area contributed by atoms with Gasteiger partial charge in [-0.3, -0.25) is 9.69 Å². The highest BCUT2D eigenvalue weighted by molar-refractivity contribution is 6.31. The number of carbonyl (C=O) groups is 1. The van der Waals surface area contributed by atoms with Gasteiger partial charge >= 0.3 is 0 Å². The molecule has 0 spiro atoms. The molecule has 190 valence electrons. The van der Waals surface area contributed by atoms with E-state index in [-0.39, 0.29) is 11.9 Å². The SMILES string of the molecule is N#CC1(c2ccccc2Cl)CCN(Cc2cc3c(c4ccccc24)CN(C2CCCCC2O)C3=O)CC1. The Bertz CT molecular complexity index is 1390. The van der Waals surface area contributed by atoms with Crippen molar-refractivity contribution in [1.82, 2.24) is 9.80 Å². The number of aliphatic hydroxyl groups is 1. The lowest BCUT2D eigenvalue weighted by molar-refractivity contribution is 0.0192. The minimum atomic E-state index is -0.563. The summed E-state index contributed by atoms with van der Waals surface area (Å²) in [6.45, 7) is 2.89. The van der Waals surface area contributed by atoms with Gasteiger partial charge < -0.3 is 10.0 Å². The van der Waals surface area contributed by atoms with Crippen molar-refractivity contribution in [2.24, 2.45) is 0 Å². The van der Waals surface area contributed by atoms with Crippen LogP contribution < -0.4 is 0 Å². The van der Waals surface area contributed by atoms with E-state index in [1.165, 1.54) is 5.39 Å². The summed E-state index contributed by atoms with van der Waals surface area (Å²) >= 11 is 6.49. The van der Waals surface area contributed by atoms with Crippen molar-refractivity contribution in [3.05, 3.63) is 81.9 Å². The number of likely N-dealkylation sites (tertiary alicyclic amines) is 1. The molecule has 5 nitrogen and oxygen atoms in total. The number of nitriles is 1. The molecule has 6 heteroatoms. The van der Waals surface area contributed by atoms with Crippen LogP contribution in [0.3, 0.4) is 0 Å². The summed E-state index contributed by atoms with van der Waals surface area (Å²) in [5.74, 6) is 0.0498. The van der Waals surface area contributed by atoms with Crippen molar-refractivity contribution in [3.63, 3.8) is 0 Å². The van der Waals surface area contributed by atoms with Crippen molar-refractivity contribution < 1.29 is 9.90 Å². The number of hydrogen-bond acceptors (Lipinski definition) is 4. The van der Waals surface area contributed by atoms with Crippen LogP contribution in [0.1, 0.15) is 65.6 Å². The zero-order valence-corrected chi connectivity index (χ0v) is 21.8. The quantitative estimate of drug-likeness (QED) is 0.478. The summed E-state index contributed by atoms with van der Waals surface area (Å²) in [4.78, 5) is 17.9. The van der Waals surface area contributed by atoms with E-state index in [0.717, 1.165) is 85.8 Å². The lowest BCUT2D eigenvalue weighted by Crippen LogP contribution is -2.45. The summed E-state index contributed by atoms with van der Waals surface area (Å²) < 4.78 is 0. The van der Waals surface area contributed by atoms with Crippen LogP contribution in [-0.2, 0) is 18.5 Å². The molecule has 2 heterocycles. The van der Waals surface area contributed by atoms with E-state index in [0.29, 0.717) is 11.6 Å². The molecule has 1 amide bonds. The van der Waals surface area contributed by atoms with Gasteiger partial charge in [-0.1, -0.05) is 66.9 Å². The minimum absolute atomic E-state index is 0.0498. The Kier molecular flexibility index (Phi) is 6.44. The maximum Gasteiger partial charge on any atom is 0.254 e. The van der Waals surface area contributed by atoms with Crippen LogP contribution in [0.4, 0.5) is 0 Å². The molecule has 2 atom stereocenters. The lowest BCUT2D eigenvalue weighted by Gasteiger charge is -2.38. The summed E-state index contributed by atoms with van der Waals surface area (Å²) in [6.07, 6.45) is 4.73. The molecular formula is C31H32ClN3O2. The van der Waals surface area contributed by atoms with E-state index < -0.39 is 11.5 Å². The second kappa shape index (κ2) is 9.76. The van der Waals surface area contributed by atoms with Crippen LogP contribution in [0.2, 0.25) is 5.02 Å². The fourth-order valence-electron chi connectivity index (χ4n) is 6.75. The standard InChI is InChI=1S/C31H32ClN3O2/c32-27-10-4-3-9-26(27)31(20-33)13-15-34(16-14-31)18-21-17-24-25(23-8-2-1-7-22(21)23)19-35(30(24)37)28-11-5-6-12-29(28)36/h1-4,7-10,17,28-29,36H,5-6,11-16,18-19H2. The van der Waals surface area contributed by atoms with Crippen LogP contribution in [0.5, 0.6) is 0 Å². The van der Waals surface area contributed by atoms with Gasteiger partial charge in [-0.15, -0.1) is 0 Å². The number of benzene rings is 3. The first-order chi connectivity index (χ1) is 18.0. The molecule has 3 aromatic carbocycles. The third-order valence-corrected chi connectivity index (χ3v) is 9.19. The lowest BCUT2D eigenvalue weighted by atomic mass is 9.74.